The second-order valence-corrected chi connectivity index (χ2v) is 3.26. The number of hydrazone groups is 1. The van der Waals surface area contributed by atoms with Gasteiger partial charge in [-0.15, -0.1) is 11.6 Å². The van der Waals surface area contributed by atoms with Crippen molar-refractivity contribution in [3.63, 3.8) is 0 Å². The van der Waals surface area contributed by atoms with Crippen LogP contribution in [0.3, 0.4) is 0 Å². The fraction of sp³-hybridized carbons (Fsp3) is 0.200. The first-order valence-electron chi connectivity index (χ1n) is 4.29. The van der Waals surface area contributed by atoms with Gasteiger partial charge in [-0.3, -0.25) is 9.80 Å². The average Bonchev–Trinajstić information content (AvgIpc) is 2.61. The van der Waals surface area contributed by atoms with Crippen LogP contribution in [0.15, 0.2) is 35.4 Å². The molecule has 72 valence electrons. The van der Waals surface area contributed by atoms with E-state index >= 15 is 0 Å². The molecule has 4 heteroatoms. The van der Waals surface area contributed by atoms with Crippen LogP contribution < -0.4 is 0 Å². The van der Waals surface area contributed by atoms with E-state index < -0.39 is 0 Å². The minimum atomic E-state index is 0.0249. The molecule has 1 aromatic carbocycles. The summed E-state index contributed by atoms with van der Waals surface area (Å²) in [6.45, 7) is 0.285. The minimum absolute atomic E-state index is 0.0249. The Morgan fingerprint density at radius 2 is 2.07 bits per heavy atom. The van der Waals surface area contributed by atoms with Crippen LogP contribution in [0.25, 0.3) is 0 Å². The minimum Gasteiger partial charge on any atom is -0.290 e. The molecule has 0 fully saturated rings. The summed E-state index contributed by atoms with van der Waals surface area (Å²) < 4.78 is 0. The van der Waals surface area contributed by atoms with Crippen molar-refractivity contribution in [2.75, 3.05) is 12.5 Å². The molecule has 1 aliphatic heterocycles. The van der Waals surface area contributed by atoms with E-state index in [0.29, 0.717) is 5.71 Å². The third-order valence-electron chi connectivity index (χ3n) is 2.02. The van der Waals surface area contributed by atoms with E-state index in [4.69, 9.17) is 11.6 Å². The van der Waals surface area contributed by atoms with Crippen molar-refractivity contribution in [1.82, 2.24) is 5.01 Å². The van der Waals surface area contributed by atoms with Gasteiger partial charge in [0.15, 0.2) is 0 Å². The first-order chi connectivity index (χ1) is 6.81. The number of Topliss-reactive ketones (excluding diaryl/α,β-unsaturated/α-hetero) is 1. The van der Waals surface area contributed by atoms with E-state index in [9.17, 15) is 4.79 Å². The Kier molecular flexibility index (Phi) is 2.50. The van der Waals surface area contributed by atoms with Gasteiger partial charge in [0.05, 0.1) is 0 Å². The predicted molar refractivity (Wildman–Crippen MR) is 55.4 cm³/mol. The van der Waals surface area contributed by atoms with Gasteiger partial charge in [-0.25, -0.2) is 0 Å². The van der Waals surface area contributed by atoms with E-state index in [2.05, 4.69) is 5.10 Å². The van der Waals surface area contributed by atoms with Crippen molar-refractivity contribution in [1.29, 1.82) is 0 Å². The summed E-state index contributed by atoms with van der Waals surface area (Å²) >= 11 is 5.59. The van der Waals surface area contributed by atoms with Crippen LogP contribution in [0.5, 0.6) is 0 Å². The maximum Gasteiger partial charge on any atom is 0.204 e. The molecule has 1 aliphatic rings. The summed E-state index contributed by atoms with van der Waals surface area (Å²) in [5.74, 6) is 0.0249. The van der Waals surface area contributed by atoms with Gasteiger partial charge < -0.3 is 0 Å². The molecule has 0 saturated carbocycles. The van der Waals surface area contributed by atoms with E-state index in [-0.39, 0.29) is 18.3 Å². The molecular weight excluding hydrogens is 200 g/mol. The molecule has 0 radical (unpaired) electrons. The Balaban J connectivity index is 2.31. The molecule has 0 spiro atoms. The van der Waals surface area contributed by atoms with Gasteiger partial charge in [-0.2, -0.15) is 5.10 Å². The zero-order valence-corrected chi connectivity index (χ0v) is 8.24. The zero-order chi connectivity index (χ0) is 9.97. The smallest absolute Gasteiger partial charge is 0.204 e. The number of nitrogens with zero attached hydrogens (tertiary/aromatic N) is 2. The van der Waals surface area contributed by atoms with Crippen molar-refractivity contribution in [2.24, 2.45) is 5.10 Å². The van der Waals surface area contributed by atoms with Crippen molar-refractivity contribution >= 4 is 23.1 Å². The molecule has 14 heavy (non-hydrogen) atoms. The maximum absolute atomic E-state index is 11.5. The lowest BCUT2D eigenvalue weighted by molar-refractivity contribution is -0.112. The topological polar surface area (TPSA) is 32.7 Å². The van der Waals surface area contributed by atoms with Gasteiger partial charge in [0.1, 0.15) is 18.3 Å². The molecule has 3 nitrogen and oxygen atoms in total. The molecule has 1 heterocycles. The number of ketones is 1. The van der Waals surface area contributed by atoms with Crippen LogP contribution in [0.4, 0.5) is 0 Å². The Bertz CT molecular complexity index is 375. The second kappa shape index (κ2) is 3.80. The van der Waals surface area contributed by atoms with E-state index in [1.165, 1.54) is 0 Å². The summed E-state index contributed by atoms with van der Waals surface area (Å²) in [5, 5.41) is 5.67. The third kappa shape index (κ3) is 1.63. The van der Waals surface area contributed by atoms with Crippen molar-refractivity contribution in [2.45, 2.75) is 0 Å². The number of hydrogen-bond donors (Lipinski definition) is 0. The number of carbonyl (C=O) groups excluding carboxylic acids is 1. The number of rotatable bonds is 2. The van der Waals surface area contributed by atoms with Gasteiger partial charge >= 0.3 is 0 Å². The zero-order valence-electron chi connectivity index (χ0n) is 7.48. The largest absolute Gasteiger partial charge is 0.290 e. The Morgan fingerprint density at radius 3 is 2.64 bits per heavy atom. The van der Waals surface area contributed by atoms with Crippen LogP contribution in [0.1, 0.15) is 5.56 Å². The molecule has 0 N–H and O–H groups in total. The number of alkyl halides is 1. The molecule has 0 amide bonds. The lowest BCUT2D eigenvalue weighted by Crippen LogP contribution is -2.18. The SMILES string of the molecule is O=C1CN(CCl)N=C1c1ccccc1. The fourth-order valence-corrected chi connectivity index (χ4v) is 1.49. The summed E-state index contributed by atoms with van der Waals surface area (Å²) in [6, 6.07) is 9.66. The van der Waals surface area contributed by atoms with E-state index in [1.807, 2.05) is 30.3 Å². The van der Waals surface area contributed by atoms with Gasteiger partial charge in [-0.05, 0) is 0 Å². The monoisotopic (exact) mass is 208 g/mol. The van der Waals surface area contributed by atoms with Crippen LogP contribution in [0, 0.1) is 0 Å². The predicted octanol–water partition coefficient (Wildman–Crippen LogP) is 1.47. The van der Waals surface area contributed by atoms with Crippen molar-refractivity contribution in [3.05, 3.63) is 35.9 Å². The van der Waals surface area contributed by atoms with Gasteiger partial charge in [-0.1, -0.05) is 30.3 Å². The molecule has 0 aliphatic carbocycles. The standard InChI is InChI=1S/C10H9ClN2O/c11-7-13-6-9(14)10(12-13)8-4-2-1-3-5-8/h1-5H,6-7H2. The highest BCUT2D eigenvalue weighted by Gasteiger charge is 2.23. The molecule has 0 unspecified atom stereocenters. The number of carbonyl (C=O) groups is 1. The lowest BCUT2D eigenvalue weighted by Gasteiger charge is -2.04. The number of halogens is 1. The van der Waals surface area contributed by atoms with Gasteiger partial charge in [0.25, 0.3) is 0 Å². The normalized spacial score (nSPS) is 15.9. The first-order valence-corrected chi connectivity index (χ1v) is 4.83. The lowest BCUT2D eigenvalue weighted by atomic mass is 10.1. The summed E-state index contributed by atoms with van der Waals surface area (Å²) in [7, 11) is 0. The molecule has 0 aromatic heterocycles. The van der Waals surface area contributed by atoms with E-state index in [0.717, 1.165) is 5.56 Å². The number of benzene rings is 1. The molecule has 0 bridgehead atoms. The molecule has 2 rings (SSSR count). The Hall–Kier alpha value is -1.35. The average molecular weight is 209 g/mol. The molecular formula is C10H9ClN2O. The van der Waals surface area contributed by atoms with Crippen molar-refractivity contribution in [3.8, 4) is 0 Å². The van der Waals surface area contributed by atoms with Crippen LogP contribution in [0.2, 0.25) is 0 Å². The Labute approximate surface area is 87.0 Å². The highest BCUT2D eigenvalue weighted by atomic mass is 35.5. The van der Waals surface area contributed by atoms with E-state index in [1.54, 1.807) is 5.01 Å². The second-order valence-electron chi connectivity index (χ2n) is 3.02. The Morgan fingerprint density at radius 1 is 1.36 bits per heavy atom. The summed E-state index contributed by atoms with van der Waals surface area (Å²) in [6.07, 6.45) is 0. The van der Waals surface area contributed by atoms with Crippen molar-refractivity contribution < 1.29 is 4.79 Å². The van der Waals surface area contributed by atoms with Crippen LogP contribution >= 0.6 is 11.6 Å². The highest BCUT2D eigenvalue weighted by Crippen LogP contribution is 2.10. The third-order valence-corrected chi connectivity index (χ3v) is 2.29. The van der Waals surface area contributed by atoms with Crippen LogP contribution in [-0.2, 0) is 4.79 Å². The molecule has 0 atom stereocenters. The quantitative estimate of drug-likeness (QED) is 0.545. The summed E-state index contributed by atoms with van der Waals surface area (Å²) in [4.78, 5) is 11.5. The van der Waals surface area contributed by atoms with Gasteiger partial charge in [0.2, 0.25) is 5.78 Å². The van der Waals surface area contributed by atoms with Crippen LogP contribution in [-0.4, -0.2) is 29.1 Å². The highest BCUT2D eigenvalue weighted by molar-refractivity contribution is 6.48. The fourth-order valence-electron chi connectivity index (χ4n) is 1.36. The molecule has 0 saturated heterocycles. The first kappa shape index (κ1) is 9.21. The maximum atomic E-state index is 11.5. The summed E-state index contributed by atoms with van der Waals surface area (Å²) in [5.41, 5.74) is 1.36. The van der Waals surface area contributed by atoms with Gasteiger partial charge in [0, 0.05) is 5.56 Å². The number of hydrogen-bond acceptors (Lipinski definition) is 3. The molecule has 1 aromatic rings.